The Labute approximate surface area is 78.7 Å². The number of hydrogen-bond acceptors (Lipinski definition) is 3. The third-order valence-electron chi connectivity index (χ3n) is 1.04. The number of benzene rings is 1. The van der Waals surface area contributed by atoms with Gasteiger partial charge in [-0.1, -0.05) is 11.6 Å². The molecule has 0 saturated carbocycles. The summed E-state index contributed by atoms with van der Waals surface area (Å²) in [5.41, 5.74) is 0.0596. The molecule has 0 aromatic heterocycles. The van der Waals surface area contributed by atoms with Crippen LogP contribution in [0.4, 0.5) is 5.69 Å². The van der Waals surface area contributed by atoms with Gasteiger partial charge in [-0.05, 0) is 12.1 Å². The van der Waals surface area contributed by atoms with Crippen LogP contribution in [0, 0.1) is 10.1 Å². The molecule has 13 heavy (non-hydrogen) atoms. The average molecular weight is 204 g/mol. The summed E-state index contributed by atoms with van der Waals surface area (Å²) in [6, 6.07) is 5.70. The quantitative estimate of drug-likeness (QED) is 0.430. The van der Waals surface area contributed by atoms with E-state index in [0.717, 1.165) is 0 Å². The molecule has 0 atom stereocenters. The van der Waals surface area contributed by atoms with Gasteiger partial charge in [0.15, 0.2) is 0 Å². The van der Waals surface area contributed by atoms with Crippen molar-refractivity contribution in [2.24, 2.45) is 0 Å². The maximum Gasteiger partial charge on any atom is 0.290 e. The molecule has 70 valence electrons. The summed E-state index contributed by atoms with van der Waals surface area (Å²) in [5, 5.41) is 17.5. The Morgan fingerprint density at radius 1 is 1.38 bits per heavy atom. The van der Waals surface area contributed by atoms with Gasteiger partial charge in [-0.25, -0.2) is 0 Å². The van der Waals surface area contributed by atoms with E-state index in [1.54, 1.807) is 0 Å². The minimum absolute atomic E-state index is 0.0596. The smallest absolute Gasteiger partial charge is 0.290 e. The van der Waals surface area contributed by atoms with Gasteiger partial charge in [-0.15, -0.1) is 0 Å². The summed E-state index contributed by atoms with van der Waals surface area (Å²) >= 11 is 5.49. The highest BCUT2D eigenvalue weighted by Crippen LogP contribution is 2.14. The number of nitro benzene ring substituents is 1. The normalized spacial score (nSPS) is 8.08. The average Bonchev–Trinajstić information content (AvgIpc) is 2.06. The summed E-state index contributed by atoms with van der Waals surface area (Å²) < 4.78 is 0. The van der Waals surface area contributed by atoms with Crippen LogP contribution in [0.2, 0.25) is 5.02 Å². The SMILES string of the molecule is O=CO.O=[N+]([O-])c1ccc(Cl)cc1. The highest BCUT2D eigenvalue weighted by Gasteiger charge is 2.01. The Bertz CT molecular complexity index is 285. The number of rotatable bonds is 1. The first-order valence-electron chi connectivity index (χ1n) is 3.09. The minimum atomic E-state index is -0.462. The number of halogens is 1. The van der Waals surface area contributed by atoms with Crippen LogP contribution in [0.3, 0.4) is 0 Å². The van der Waals surface area contributed by atoms with Gasteiger partial charge >= 0.3 is 0 Å². The van der Waals surface area contributed by atoms with E-state index < -0.39 is 4.92 Å². The molecule has 0 aliphatic heterocycles. The van der Waals surface area contributed by atoms with Crippen molar-refractivity contribution in [3.8, 4) is 0 Å². The van der Waals surface area contributed by atoms with Crippen LogP contribution < -0.4 is 0 Å². The molecule has 0 radical (unpaired) electrons. The molecular weight excluding hydrogens is 198 g/mol. The Hall–Kier alpha value is -1.62. The summed E-state index contributed by atoms with van der Waals surface area (Å²) in [4.78, 5) is 18.0. The van der Waals surface area contributed by atoms with Crippen LogP contribution >= 0.6 is 11.6 Å². The number of hydrogen-bond donors (Lipinski definition) is 1. The zero-order chi connectivity index (χ0) is 10.3. The zero-order valence-electron chi connectivity index (χ0n) is 6.38. The molecule has 1 rings (SSSR count). The lowest BCUT2D eigenvalue weighted by Crippen LogP contribution is -1.85. The van der Waals surface area contributed by atoms with E-state index in [0.29, 0.717) is 5.02 Å². The predicted molar refractivity (Wildman–Crippen MR) is 46.8 cm³/mol. The van der Waals surface area contributed by atoms with Gasteiger partial charge in [-0.2, -0.15) is 0 Å². The third kappa shape index (κ3) is 4.76. The first kappa shape index (κ1) is 11.4. The fraction of sp³-hybridized carbons (Fsp3) is 0. The van der Waals surface area contributed by atoms with Crippen molar-refractivity contribution in [3.63, 3.8) is 0 Å². The van der Waals surface area contributed by atoms with Crippen molar-refractivity contribution in [1.82, 2.24) is 0 Å². The van der Waals surface area contributed by atoms with Crippen LogP contribution in [0.15, 0.2) is 24.3 Å². The number of carboxylic acid groups (broad SMARTS) is 1. The molecule has 0 heterocycles. The van der Waals surface area contributed by atoms with E-state index in [4.69, 9.17) is 21.5 Å². The van der Waals surface area contributed by atoms with E-state index in [9.17, 15) is 10.1 Å². The van der Waals surface area contributed by atoms with Crippen LogP contribution in [-0.2, 0) is 4.79 Å². The van der Waals surface area contributed by atoms with Gasteiger partial charge in [0.2, 0.25) is 0 Å². The summed E-state index contributed by atoms with van der Waals surface area (Å²) in [7, 11) is 0. The molecule has 0 amide bonds. The molecule has 0 aliphatic rings. The lowest BCUT2D eigenvalue weighted by atomic mass is 10.3. The van der Waals surface area contributed by atoms with E-state index in [1.807, 2.05) is 0 Å². The van der Waals surface area contributed by atoms with Gasteiger partial charge in [0.1, 0.15) is 0 Å². The zero-order valence-corrected chi connectivity index (χ0v) is 7.14. The maximum atomic E-state index is 10.1. The lowest BCUT2D eigenvalue weighted by Gasteiger charge is -1.88. The molecule has 1 N–H and O–H groups in total. The maximum absolute atomic E-state index is 10.1. The van der Waals surface area contributed by atoms with Gasteiger partial charge in [0.05, 0.1) is 4.92 Å². The van der Waals surface area contributed by atoms with E-state index in [2.05, 4.69) is 0 Å². The van der Waals surface area contributed by atoms with E-state index in [1.165, 1.54) is 24.3 Å². The van der Waals surface area contributed by atoms with Crippen LogP contribution in [0.1, 0.15) is 0 Å². The highest BCUT2D eigenvalue weighted by molar-refractivity contribution is 6.30. The standard InChI is InChI=1S/C6H4ClNO2.CH2O2/c7-5-1-3-6(4-2-5)8(9)10;2-1-3/h1-4H;1H,(H,2,3). The second-order valence-corrected chi connectivity index (χ2v) is 2.28. The van der Waals surface area contributed by atoms with Gasteiger partial charge in [0, 0.05) is 17.2 Å². The Balaban J connectivity index is 0.000000424. The van der Waals surface area contributed by atoms with Crippen molar-refractivity contribution < 1.29 is 14.8 Å². The summed E-state index contributed by atoms with van der Waals surface area (Å²) in [6.07, 6.45) is 0. The molecule has 1 aromatic carbocycles. The van der Waals surface area contributed by atoms with Crippen molar-refractivity contribution in [2.45, 2.75) is 0 Å². The van der Waals surface area contributed by atoms with Crippen LogP contribution in [0.5, 0.6) is 0 Å². The number of carbonyl (C=O) groups is 1. The van der Waals surface area contributed by atoms with Gasteiger partial charge < -0.3 is 5.11 Å². The van der Waals surface area contributed by atoms with Gasteiger partial charge in [-0.3, -0.25) is 14.9 Å². The number of nitrogens with zero attached hydrogens (tertiary/aromatic N) is 1. The van der Waals surface area contributed by atoms with Gasteiger partial charge in [0.25, 0.3) is 12.2 Å². The fourth-order valence-corrected chi connectivity index (χ4v) is 0.689. The van der Waals surface area contributed by atoms with Crippen molar-refractivity contribution in [1.29, 1.82) is 0 Å². The molecule has 1 aromatic rings. The first-order chi connectivity index (χ1) is 6.11. The molecule has 5 nitrogen and oxygen atoms in total. The molecule has 6 heteroatoms. The summed E-state index contributed by atoms with van der Waals surface area (Å²) in [5.74, 6) is 0. The molecule has 0 aliphatic carbocycles. The molecule has 0 fully saturated rings. The van der Waals surface area contributed by atoms with Crippen molar-refractivity contribution in [2.75, 3.05) is 0 Å². The monoisotopic (exact) mass is 203 g/mol. The molecule has 0 saturated heterocycles. The lowest BCUT2D eigenvalue weighted by molar-refractivity contribution is -0.384. The van der Waals surface area contributed by atoms with Crippen LogP contribution in [0.25, 0.3) is 0 Å². The molecule has 0 bridgehead atoms. The first-order valence-corrected chi connectivity index (χ1v) is 3.47. The second-order valence-electron chi connectivity index (χ2n) is 1.84. The Kier molecular flexibility index (Phi) is 5.22. The number of nitro groups is 1. The minimum Gasteiger partial charge on any atom is -0.483 e. The molecular formula is C7H6ClNO4. The predicted octanol–water partition coefficient (Wildman–Crippen LogP) is 1.95. The second kappa shape index (κ2) is 5.96. The van der Waals surface area contributed by atoms with E-state index >= 15 is 0 Å². The third-order valence-corrected chi connectivity index (χ3v) is 1.29. The Morgan fingerprint density at radius 3 is 2.08 bits per heavy atom. The fourth-order valence-electron chi connectivity index (χ4n) is 0.563. The van der Waals surface area contributed by atoms with E-state index in [-0.39, 0.29) is 12.2 Å². The highest BCUT2D eigenvalue weighted by atomic mass is 35.5. The van der Waals surface area contributed by atoms with Crippen molar-refractivity contribution in [3.05, 3.63) is 39.4 Å². The number of non-ortho nitro benzene ring substituents is 1. The largest absolute Gasteiger partial charge is 0.483 e. The molecule has 0 unspecified atom stereocenters. The van der Waals surface area contributed by atoms with Crippen LogP contribution in [-0.4, -0.2) is 16.5 Å². The summed E-state index contributed by atoms with van der Waals surface area (Å²) in [6.45, 7) is -0.250. The molecule has 0 spiro atoms. The topological polar surface area (TPSA) is 80.4 Å². The van der Waals surface area contributed by atoms with Crippen molar-refractivity contribution >= 4 is 23.8 Å². The Morgan fingerprint density at radius 2 is 1.77 bits per heavy atom.